The second kappa shape index (κ2) is 4.86. The Labute approximate surface area is 119 Å². The Morgan fingerprint density at radius 3 is 2.90 bits per heavy atom. The standard InChI is InChI=1S/C14H10ClN3O2/c15-9-4-5-13(19)11(7-9)16-14(20)12-8-10-3-1-2-6-18(10)17-12/h1-8,19H,(H,16,20). The first-order chi connectivity index (χ1) is 9.63. The fourth-order valence-electron chi connectivity index (χ4n) is 1.84. The van der Waals surface area contributed by atoms with Crippen molar-refractivity contribution in [2.75, 3.05) is 5.32 Å². The van der Waals surface area contributed by atoms with E-state index in [4.69, 9.17) is 11.6 Å². The number of pyridine rings is 1. The molecular weight excluding hydrogens is 278 g/mol. The number of carbonyl (C=O) groups is 1. The van der Waals surface area contributed by atoms with E-state index in [0.717, 1.165) is 5.52 Å². The van der Waals surface area contributed by atoms with Gasteiger partial charge in [-0.2, -0.15) is 5.10 Å². The lowest BCUT2D eigenvalue weighted by atomic mass is 10.2. The topological polar surface area (TPSA) is 66.6 Å². The van der Waals surface area contributed by atoms with Crippen molar-refractivity contribution in [3.8, 4) is 5.75 Å². The summed E-state index contributed by atoms with van der Waals surface area (Å²) in [6.07, 6.45) is 1.75. The number of aromatic hydroxyl groups is 1. The number of phenolic OH excluding ortho intramolecular Hbond substituents is 1. The lowest BCUT2D eigenvalue weighted by molar-refractivity contribution is 0.102. The van der Waals surface area contributed by atoms with Gasteiger partial charge in [-0.1, -0.05) is 17.7 Å². The third-order valence-corrected chi connectivity index (χ3v) is 3.04. The van der Waals surface area contributed by atoms with Crippen LogP contribution in [0.2, 0.25) is 5.02 Å². The summed E-state index contributed by atoms with van der Waals surface area (Å²) in [7, 11) is 0. The van der Waals surface area contributed by atoms with Crippen LogP contribution in [-0.2, 0) is 0 Å². The number of rotatable bonds is 2. The maximum Gasteiger partial charge on any atom is 0.276 e. The number of carbonyl (C=O) groups excluding carboxylic acids is 1. The van der Waals surface area contributed by atoms with E-state index in [1.165, 1.54) is 18.2 Å². The van der Waals surface area contributed by atoms with Gasteiger partial charge in [-0.15, -0.1) is 0 Å². The van der Waals surface area contributed by atoms with Crippen molar-refractivity contribution in [2.45, 2.75) is 0 Å². The summed E-state index contributed by atoms with van der Waals surface area (Å²) in [5, 5.41) is 16.8. The van der Waals surface area contributed by atoms with E-state index >= 15 is 0 Å². The minimum atomic E-state index is -0.411. The normalized spacial score (nSPS) is 10.7. The largest absolute Gasteiger partial charge is 0.506 e. The molecular formula is C14H10ClN3O2. The van der Waals surface area contributed by atoms with Crippen molar-refractivity contribution in [2.24, 2.45) is 0 Å². The molecule has 0 fully saturated rings. The van der Waals surface area contributed by atoms with Gasteiger partial charge >= 0.3 is 0 Å². The number of benzene rings is 1. The Balaban J connectivity index is 1.90. The highest BCUT2D eigenvalue weighted by molar-refractivity contribution is 6.31. The number of anilines is 1. The molecule has 6 heteroatoms. The molecule has 0 unspecified atom stereocenters. The summed E-state index contributed by atoms with van der Waals surface area (Å²) in [6, 6.07) is 11.6. The molecule has 0 bridgehead atoms. The zero-order chi connectivity index (χ0) is 14.1. The molecule has 2 aromatic heterocycles. The second-order valence-electron chi connectivity index (χ2n) is 4.22. The zero-order valence-electron chi connectivity index (χ0n) is 10.2. The van der Waals surface area contributed by atoms with Crippen LogP contribution >= 0.6 is 11.6 Å². The number of amides is 1. The molecule has 0 saturated heterocycles. The molecule has 0 aliphatic carbocycles. The number of nitrogens with one attached hydrogen (secondary N) is 1. The van der Waals surface area contributed by atoms with E-state index in [1.807, 2.05) is 18.2 Å². The zero-order valence-corrected chi connectivity index (χ0v) is 11.0. The van der Waals surface area contributed by atoms with Gasteiger partial charge in [0.05, 0.1) is 11.2 Å². The van der Waals surface area contributed by atoms with Crippen molar-refractivity contribution < 1.29 is 9.90 Å². The first kappa shape index (κ1) is 12.5. The van der Waals surface area contributed by atoms with Crippen molar-refractivity contribution in [1.29, 1.82) is 0 Å². The van der Waals surface area contributed by atoms with E-state index in [2.05, 4.69) is 10.4 Å². The number of aromatic nitrogens is 2. The van der Waals surface area contributed by atoms with E-state index in [0.29, 0.717) is 5.02 Å². The van der Waals surface area contributed by atoms with Crippen LogP contribution in [0.25, 0.3) is 5.52 Å². The van der Waals surface area contributed by atoms with Crippen LogP contribution in [0.5, 0.6) is 5.75 Å². The first-order valence-corrected chi connectivity index (χ1v) is 6.25. The van der Waals surface area contributed by atoms with Crippen molar-refractivity contribution in [3.63, 3.8) is 0 Å². The number of hydrogen-bond acceptors (Lipinski definition) is 3. The molecule has 1 aromatic carbocycles. The molecule has 100 valence electrons. The smallest absolute Gasteiger partial charge is 0.276 e. The molecule has 2 heterocycles. The molecule has 3 rings (SSSR count). The third kappa shape index (κ3) is 2.31. The average Bonchev–Trinajstić information content (AvgIpc) is 2.87. The van der Waals surface area contributed by atoms with Crippen molar-refractivity contribution >= 4 is 28.7 Å². The summed E-state index contributed by atoms with van der Waals surface area (Å²) in [4.78, 5) is 12.1. The predicted octanol–water partition coefficient (Wildman–Crippen LogP) is 2.95. The van der Waals surface area contributed by atoms with Crippen LogP contribution in [0.15, 0.2) is 48.7 Å². The Hall–Kier alpha value is -2.53. The van der Waals surface area contributed by atoms with Gasteiger partial charge in [-0.3, -0.25) is 4.79 Å². The maximum absolute atomic E-state index is 12.1. The van der Waals surface area contributed by atoms with Gasteiger partial charge < -0.3 is 10.4 Å². The summed E-state index contributed by atoms with van der Waals surface area (Å²) in [6.45, 7) is 0. The van der Waals surface area contributed by atoms with Crippen molar-refractivity contribution in [1.82, 2.24) is 9.61 Å². The molecule has 3 aromatic rings. The highest BCUT2D eigenvalue weighted by Crippen LogP contribution is 2.26. The number of halogens is 1. The van der Waals surface area contributed by atoms with Crippen LogP contribution in [0.3, 0.4) is 0 Å². The van der Waals surface area contributed by atoms with Crippen LogP contribution in [0, 0.1) is 0 Å². The number of phenols is 1. The average molecular weight is 288 g/mol. The molecule has 0 aliphatic heterocycles. The van der Waals surface area contributed by atoms with E-state index < -0.39 is 5.91 Å². The number of nitrogens with zero attached hydrogens (tertiary/aromatic N) is 2. The van der Waals surface area contributed by atoms with Crippen molar-refractivity contribution in [3.05, 3.63) is 59.4 Å². The molecule has 1 amide bonds. The van der Waals surface area contributed by atoms with E-state index in [1.54, 1.807) is 16.8 Å². The molecule has 0 radical (unpaired) electrons. The fourth-order valence-corrected chi connectivity index (χ4v) is 2.02. The van der Waals surface area contributed by atoms with Crippen LogP contribution in [-0.4, -0.2) is 20.6 Å². The number of hydrogen-bond donors (Lipinski definition) is 2. The Morgan fingerprint density at radius 2 is 2.10 bits per heavy atom. The maximum atomic E-state index is 12.1. The minimum Gasteiger partial charge on any atom is -0.506 e. The highest BCUT2D eigenvalue weighted by Gasteiger charge is 2.13. The summed E-state index contributed by atoms with van der Waals surface area (Å²) < 4.78 is 1.60. The molecule has 20 heavy (non-hydrogen) atoms. The van der Waals surface area contributed by atoms with Crippen LogP contribution < -0.4 is 5.32 Å². The van der Waals surface area contributed by atoms with Gasteiger partial charge in [0.25, 0.3) is 5.91 Å². The SMILES string of the molecule is O=C(Nc1cc(Cl)ccc1O)c1cc2ccccn2n1. The van der Waals surface area contributed by atoms with Gasteiger partial charge in [0.1, 0.15) is 5.75 Å². The van der Waals surface area contributed by atoms with E-state index in [-0.39, 0.29) is 17.1 Å². The second-order valence-corrected chi connectivity index (χ2v) is 4.65. The summed E-state index contributed by atoms with van der Waals surface area (Å²) >= 11 is 5.83. The highest BCUT2D eigenvalue weighted by atomic mass is 35.5. The molecule has 5 nitrogen and oxygen atoms in total. The van der Waals surface area contributed by atoms with Gasteiger partial charge in [0, 0.05) is 11.2 Å². The van der Waals surface area contributed by atoms with E-state index in [9.17, 15) is 9.90 Å². The molecule has 0 aliphatic rings. The first-order valence-electron chi connectivity index (χ1n) is 5.88. The Morgan fingerprint density at radius 1 is 1.25 bits per heavy atom. The Bertz CT molecular complexity index is 765. The third-order valence-electron chi connectivity index (χ3n) is 2.81. The lowest BCUT2D eigenvalue weighted by Crippen LogP contribution is -2.12. The quantitative estimate of drug-likeness (QED) is 0.712. The van der Waals surface area contributed by atoms with Crippen LogP contribution in [0.1, 0.15) is 10.5 Å². The van der Waals surface area contributed by atoms with Crippen LogP contribution in [0.4, 0.5) is 5.69 Å². The lowest BCUT2D eigenvalue weighted by Gasteiger charge is -2.05. The number of fused-ring (bicyclic) bond motifs is 1. The monoisotopic (exact) mass is 287 g/mol. The Kier molecular flexibility index (Phi) is 3.04. The van der Waals surface area contributed by atoms with Gasteiger partial charge in [0.15, 0.2) is 5.69 Å². The van der Waals surface area contributed by atoms with Gasteiger partial charge in [-0.05, 0) is 36.4 Å². The molecule has 0 atom stereocenters. The predicted molar refractivity (Wildman–Crippen MR) is 76.3 cm³/mol. The van der Waals surface area contributed by atoms with Gasteiger partial charge in [-0.25, -0.2) is 4.52 Å². The van der Waals surface area contributed by atoms with Gasteiger partial charge in [0.2, 0.25) is 0 Å². The molecule has 2 N–H and O–H groups in total. The fraction of sp³-hybridized carbons (Fsp3) is 0. The molecule has 0 saturated carbocycles. The summed E-state index contributed by atoms with van der Waals surface area (Å²) in [5.74, 6) is -0.460. The minimum absolute atomic E-state index is 0.0495. The molecule has 0 spiro atoms. The summed E-state index contributed by atoms with van der Waals surface area (Å²) in [5.41, 5.74) is 1.32.